The Balaban J connectivity index is 1.61. The van der Waals surface area contributed by atoms with Gasteiger partial charge < -0.3 is 19.5 Å². The lowest BCUT2D eigenvalue weighted by molar-refractivity contribution is -0.129. The number of carbonyl (C=O) groups is 2. The van der Waals surface area contributed by atoms with E-state index in [1.807, 2.05) is 48.7 Å². The molecule has 3 aromatic rings. The van der Waals surface area contributed by atoms with Crippen LogP contribution in [-0.2, 0) is 16.1 Å². The number of nitrogens with one attached hydrogen (secondary N) is 1. The van der Waals surface area contributed by atoms with E-state index in [0.29, 0.717) is 16.4 Å². The van der Waals surface area contributed by atoms with E-state index in [1.165, 1.54) is 11.3 Å². The first-order chi connectivity index (χ1) is 14.9. The fourth-order valence-electron chi connectivity index (χ4n) is 3.02. The summed E-state index contributed by atoms with van der Waals surface area (Å²) >= 11 is 1.30. The van der Waals surface area contributed by atoms with Crippen molar-refractivity contribution in [1.82, 2.24) is 5.32 Å². The van der Waals surface area contributed by atoms with Gasteiger partial charge in [0.05, 0.1) is 14.2 Å². The molecule has 1 heterocycles. The van der Waals surface area contributed by atoms with Crippen LogP contribution in [0.25, 0.3) is 11.1 Å². The van der Waals surface area contributed by atoms with Crippen molar-refractivity contribution in [3.8, 4) is 22.6 Å². The first-order valence-electron chi connectivity index (χ1n) is 9.77. The van der Waals surface area contributed by atoms with Crippen LogP contribution in [0.15, 0.2) is 53.9 Å². The number of hydrogen-bond acceptors (Lipinski definition) is 6. The maximum atomic E-state index is 12.7. The highest BCUT2D eigenvalue weighted by Crippen LogP contribution is 2.30. The van der Waals surface area contributed by atoms with Crippen molar-refractivity contribution in [2.45, 2.75) is 26.5 Å². The normalized spacial score (nSPS) is 11.5. The van der Waals surface area contributed by atoms with Crippen LogP contribution in [0.4, 0.5) is 0 Å². The molecule has 2 aromatic carbocycles. The van der Waals surface area contributed by atoms with Gasteiger partial charge in [-0.2, -0.15) is 0 Å². The Kier molecular flexibility index (Phi) is 7.31. The molecule has 0 spiro atoms. The van der Waals surface area contributed by atoms with Gasteiger partial charge in [-0.1, -0.05) is 35.9 Å². The Morgan fingerprint density at radius 2 is 1.71 bits per heavy atom. The van der Waals surface area contributed by atoms with Crippen LogP contribution < -0.4 is 14.8 Å². The molecule has 0 aliphatic heterocycles. The fraction of sp³-hybridized carbons (Fsp3) is 0.250. The van der Waals surface area contributed by atoms with E-state index in [4.69, 9.17) is 14.2 Å². The van der Waals surface area contributed by atoms with Gasteiger partial charge in [0.1, 0.15) is 4.88 Å². The molecule has 6 nitrogen and oxygen atoms in total. The second kappa shape index (κ2) is 10.1. The second-order valence-electron chi connectivity index (χ2n) is 6.98. The van der Waals surface area contributed by atoms with Gasteiger partial charge in [-0.05, 0) is 48.6 Å². The zero-order valence-electron chi connectivity index (χ0n) is 17.9. The monoisotopic (exact) mass is 439 g/mol. The number of carbonyl (C=O) groups excluding carboxylic acids is 2. The lowest BCUT2D eigenvalue weighted by Crippen LogP contribution is -2.35. The zero-order valence-corrected chi connectivity index (χ0v) is 18.7. The van der Waals surface area contributed by atoms with Gasteiger partial charge in [0.25, 0.3) is 5.91 Å². The van der Waals surface area contributed by atoms with Gasteiger partial charge >= 0.3 is 5.97 Å². The van der Waals surface area contributed by atoms with Crippen molar-refractivity contribution in [2.75, 3.05) is 14.2 Å². The number of ether oxygens (including phenoxy) is 3. The van der Waals surface area contributed by atoms with Crippen LogP contribution in [0.5, 0.6) is 11.5 Å². The molecule has 1 amide bonds. The maximum absolute atomic E-state index is 12.7. The van der Waals surface area contributed by atoms with Gasteiger partial charge in [-0.3, -0.25) is 4.79 Å². The van der Waals surface area contributed by atoms with Gasteiger partial charge in [-0.15, -0.1) is 11.3 Å². The van der Waals surface area contributed by atoms with Crippen LogP contribution in [0.2, 0.25) is 0 Å². The highest BCUT2D eigenvalue weighted by atomic mass is 32.1. The average Bonchev–Trinajstić information content (AvgIpc) is 3.27. The molecule has 0 aliphatic carbocycles. The highest BCUT2D eigenvalue weighted by molar-refractivity contribution is 7.12. The van der Waals surface area contributed by atoms with Crippen molar-refractivity contribution < 1.29 is 23.8 Å². The third kappa shape index (κ3) is 5.44. The molecule has 1 atom stereocenters. The summed E-state index contributed by atoms with van der Waals surface area (Å²) in [7, 11) is 3.12. The second-order valence-corrected chi connectivity index (χ2v) is 7.90. The van der Waals surface area contributed by atoms with Gasteiger partial charge in [-0.25, -0.2) is 4.79 Å². The van der Waals surface area contributed by atoms with Crippen molar-refractivity contribution in [2.24, 2.45) is 0 Å². The van der Waals surface area contributed by atoms with E-state index >= 15 is 0 Å². The minimum absolute atomic E-state index is 0.273. The first kappa shape index (κ1) is 22.4. The molecule has 1 N–H and O–H groups in total. The van der Waals surface area contributed by atoms with Crippen LogP contribution >= 0.6 is 11.3 Å². The van der Waals surface area contributed by atoms with Crippen molar-refractivity contribution in [3.63, 3.8) is 0 Å². The molecule has 1 aromatic heterocycles. The molecule has 7 heteroatoms. The summed E-state index contributed by atoms with van der Waals surface area (Å²) in [5, 5.41) is 4.62. The summed E-state index contributed by atoms with van der Waals surface area (Å²) in [6.45, 7) is 3.84. The van der Waals surface area contributed by atoms with Crippen LogP contribution in [0.3, 0.4) is 0 Å². The van der Waals surface area contributed by atoms with E-state index in [9.17, 15) is 9.59 Å². The minimum atomic E-state index is -0.930. The van der Waals surface area contributed by atoms with Crippen LogP contribution in [0.1, 0.15) is 27.7 Å². The Bertz CT molecular complexity index is 1060. The Labute approximate surface area is 185 Å². The molecular formula is C24H25NO5S. The molecule has 0 fully saturated rings. The van der Waals surface area contributed by atoms with Crippen molar-refractivity contribution in [1.29, 1.82) is 0 Å². The predicted molar refractivity (Wildman–Crippen MR) is 121 cm³/mol. The summed E-state index contributed by atoms with van der Waals surface area (Å²) < 4.78 is 15.9. The largest absolute Gasteiger partial charge is 0.493 e. The number of thiophene rings is 1. The molecule has 0 aliphatic rings. The Morgan fingerprint density at radius 3 is 2.39 bits per heavy atom. The molecule has 0 radical (unpaired) electrons. The average molecular weight is 440 g/mol. The smallest absolute Gasteiger partial charge is 0.349 e. The van der Waals surface area contributed by atoms with Crippen molar-refractivity contribution >= 4 is 23.2 Å². The summed E-state index contributed by atoms with van der Waals surface area (Å²) in [6, 6.07) is 15.2. The van der Waals surface area contributed by atoms with E-state index in [0.717, 1.165) is 22.3 Å². The van der Waals surface area contributed by atoms with Crippen molar-refractivity contribution in [3.05, 3.63) is 69.9 Å². The molecule has 0 saturated heterocycles. The number of methoxy groups -OCH3 is 2. The third-order valence-electron chi connectivity index (χ3n) is 4.78. The summed E-state index contributed by atoms with van der Waals surface area (Å²) in [5.74, 6) is 0.297. The molecular weight excluding hydrogens is 414 g/mol. The number of amides is 1. The Morgan fingerprint density at radius 1 is 1.00 bits per heavy atom. The van der Waals surface area contributed by atoms with Gasteiger partial charge in [0, 0.05) is 12.1 Å². The number of rotatable bonds is 8. The van der Waals surface area contributed by atoms with E-state index in [1.54, 1.807) is 33.3 Å². The lowest BCUT2D eigenvalue weighted by atomic mass is 10.1. The quantitative estimate of drug-likeness (QED) is 0.519. The van der Waals surface area contributed by atoms with Crippen LogP contribution in [-0.4, -0.2) is 32.2 Å². The number of esters is 1. The molecule has 31 heavy (non-hydrogen) atoms. The number of aryl methyl sites for hydroxylation is 1. The Hall–Kier alpha value is -3.32. The number of benzene rings is 2. The molecule has 0 bridgehead atoms. The molecule has 0 saturated carbocycles. The molecule has 1 unspecified atom stereocenters. The standard InChI is InChI=1S/C24H25NO5S/c1-15-5-8-18(9-6-15)19-11-12-31-22(19)24(27)30-16(2)23(26)25-14-17-7-10-20(28-3)21(13-17)29-4/h5-13,16H,14H2,1-4H3,(H,25,26). The molecule has 3 rings (SSSR count). The third-order valence-corrected chi connectivity index (χ3v) is 5.68. The summed E-state index contributed by atoms with van der Waals surface area (Å²) in [4.78, 5) is 25.6. The SMILES string of the molecule is COc1ccc(CNC(=O)C(C)OC(=O)c2sccc2-c2ccc(C)cc2)cc1OC. The van der Waals surface area contributed by atoms with Gasteiger partial charge in [0.2, 0.25) is 0 Å². The minimum Gasteiger partial charge on any atom is -0.493 e. The molecule has 162 valence electrons. The maximum Gasteiger partial charge on any atom is 0.349 e. The first-order valence-corrected chi connectivity index (χ1v) is 10.6. The predicted octanol–water partition coefficient (Wildman–Crippen LogP) is 4.60. The van der Waals surface area contributed by atoms with E-state index in [-0.39, 0.29) is 12.5 Å². The highest BCUT2D eigenvalue weighted by Gasteiger charge is 2.22. The van der Waals surface area contributed by atoms with Crippen LogP contribution in [0, 0.1) is 6.92 Å². The van der Waals surface area contributed by atoms with Gasteiger partial charge in [0.15, 0.2) is 17.6 Å². The van der Waals surface area contributed by atoms with E-state index in [2.05, 4.69) is 5.32 Å². The zero-order chi connectivity index (χ0) is 22.4. The fourth-order valence-corrected chi connectivity index (χ4v) is 3.82. The topological polar surface area (TPSA) is 73.9 Å². The summed E-state index contributed by atoms with van der Waals surface area (Å²) in [5.41, 5.74) is 3.71. The lowest BCUT2D eigenvalue weighted by Gasteiger charge is -2.14. The van der Waals surface area contributed by atoms with E-state index < -0.39 is 12.1 Å². The summed E-state index contributed by atoms with van der Waals surface area (Å²) in [6.07, 6.45) is -0.930. The number of hydrogen-bond donors (Lipinski definition) is 1.